The van der Waals surface area contributed by atoms with Gasteiger partial charge in [0.15, 0.2) is 0 Å². The van der Waals surface area contributed by atoms with E-state index in [1.807, 2.05) is 0 Å². The Balaban J connectivity index is 2.81. The molecule has 1 heterocycles. The van der Waals surface area contributed by atoms with Gasteiger partial charge in [0.1, 0.15) is 11.5 Å². The predicted octanol–water partition coefficient (Wildman–Crippen LogP) is 0.984. The lowest BCUT2D eigenvalue weighted by Crippen LogP contribution is -2.11. The topological polar surface area (TPSA) is 38.7 Å². The average molecular weight is 152 g/mol. The molecule has 0 spiro atoms. The van der Waals surface area contributed by atoms with Crippen molar-refractivity contribution in [3.05, 3.63) is 36.3 Å². The van der Waals surface area contributed by atoms with Crippen molar-refractivity contribution in [2.45, 2.75) is 6.92 Å². The summed E-state index contributed by atoms with van der Waals surface area (Å²) in [6.07, 6.45) is 4.91. The van der Waals surface area contributed by atoms with Crippen LogP contribution in [-0.2, 0) is 9.31 Å². The molecule has 0 aromatic rings. The van der Waals surface area contributed by atoms with E-state index in [0.29, 0.717) is 11.5 Å². The molecular weight excluding hydrogens is 143 g/mol. The highest BCUT2D eigenvalue weighted by Gasteiger charge is 2.32. The van der Waals surface area contributed by atoms with Crippen LogP contribution in [0.3, 0.4) is 0 Å². The highest BCUT2D eigenvalue weighted by molar-refractivity contribution is 6.36. The highest BCUT2D eigenvalue weighted by Crippen LogP contribution is 2.22. The molecular formula is C7H9BO3. The van der Waals surface area contributed by atoms with Gasteiger partial charge >= 0.3 is 7.32 Å². The standard InChI is InChI=1S/C7H9BO3/c1-3-5-7-6(4-2)10-8(9)11-7/h3-5,9H,1H2,2H3/b6-4+,7-5+. The first-order valence-electron chi connectivity index (χ1n) is 3.28. The normalized spacial score (nSPS) is 23.6. The maximum Gasteiger partial charge on any atom is 0.785 e. The van der Waals surface area contributed by atoms with Crippen LogP contribution in [0, 0.1) is 0 Å². The van der Waals surface area contributed by atoms with Crippen molar-refractivity contribution in [2.24, 2.45) is 0 Å². The molecule has 1 saturated heterocycles. The third kappa shape index (κ3) is 1.65. The minimum absolute atomic E-state index is 0.509. The number of hydrogen-bond acceptors (Lipinski definition) is 3. The molecule has 0 amide bonds. The first-order valence-corrected chi connectivity index (χ1v) is 3.28. The van der Waals surface area contributed by atoms with Gasteiger partial charge in [-0.1, -0.05) is 12.7 Å². The van der Waals surface area contributed by atoms with E-state index in [1.54, 1.807) is 25.2 Å². The lowest BCUT2D eigenvalue weighted by molar-refractivity contribution is 0.286. The molecule has 0 saturated carbocycles. The fourth-order valence-corrected chi connectivity index (χ4v) is 0.796. The number of rotatable bonds is 1. The molecule has 1 aliphatic rings. The molecule has 0 aliphatic carbocycles. The molecule has 58 valence electrons. The van der Waals surface area contributed by atoms with E-state index in [-0.39, 0.29) is 0 Å². The Morgan fingerprint density at radius 1 is 1.45 bits per heavy atom. The molecule has 1 rings (SSSR count). The summed E-state index contributed by atoms with van der Waals surface area (Å²) in [5, 5.41) is 8.87. The van der Waals surface area contributed by atoms with Gasteiger partial charge in [0.05, 0.1) is 0 Å². The summed E-state index contributed by atoms with van der Waals surface area (Å²) < 4.78 is 9.71. The van der Waals surface area contributed by atoms with Gasteiger partial charge in [-0.25, -0.2) is 0 Å². The summed E-state index contributed by atoms with van der Waals surface area (Å²) in [7, 11) is -1.17. The van der Waals surface area contributed by atoms with E-state index in [9.17, 15) is 0 Å². The summed E-state index contributed by atoms with van der Waals surface area (Å²) in [6, 6.07) is 0. The molecule has 4 heteroatoms. The van der Waals surface area contributed by atoms with Crippen LogP contribution in [0.2, 0.25) is 0 Å². The molecule has 0 radical (unpaired) electrons. The quantitative estimate of drug-likeness (QED) is 0.569. The van der Waals surface area contributed by atoms with Crippen molar-refractivity contribution in [3.8, 4) is 0 Å². The molecule has 0 unspecified atom stereocenters. The van der Waals surface area contributed by atoms with E-state index >= 15 is 0 Å². The van der Waals surface area contributed by atoms with Crippen LogP contribution < -0.4 is 0 Å². The molecule has 0 aromatic heterocycles. The lowest BCUT2D eigenvalue weighted by Gasteiger charge is -1.93. The van der Waals surface area contributed by atoms with Crippen molar-refractivity contribution in [3.63, 3.8) is 0 Å². The summed E-state index contributed by atoms with van der Waals surface area (Å²) in [6.45, 7) is 5.30. The maximum absolute atomic E-state index is 8.87. The van der Waals surface area contributed by atoms with Crippen LogP contribution in [0.5, 0.6) is 0 Å². The second kappa shape index (κ2) is 3.30. The van der Waals surface area contributed by atoms with Crippen molar-refractivity contribution >= 4 is 7.32 Å². The Bertz CT molecular complexity index is 220. The van der Waals surface area contributed by atoms with Gasteiger partial charge in [-0.05, 0) is 19.1 Å². The minimum atomic E-state index is -1.17. The van der Waals surface area contributed by atoms with Crippen molar-refractivity contribution in [1.82, 2.24) is 0 Å². The summed E-state index contributed by atoms with van der Waals surface area (Å²) in [5.41, 5.74) is 0. The van der Waals surface area contributed by atoms with Crippen LogP contribution in [0.4, 0.5) is 0 Å². The van der Waals surface area contributed by atoms with E-state index in [2.05, 4.69) is 6.58 Å². The first kappa shape index (κ1) is 7.95. The maximum atomic E-state index is 8.87. The fraction of sp³-hybridized carbons (Fsp3) is 0.143. The van der Waals surface area contributed by atoms with Gasteiger partial charge in [-0.2, -0.15) is 0 Å². The van der Waals surface area contributed by atoms with E-state index in [1.165, 1.54) is 0 Å². The van der Waals surface area contributed by atoms with E-state index in [0.717, 1.165) is 0 Å². The minimum Gasteiger partial charge on any atom is -0.498 e. The monoisotopic (exact) mass is 152 g/mol. The number of hydrogen-bond donors (Lipinski definition) is 1. The van der Waals surface area contributed by atoms with Gasteiger partial charge in [-0.3, -0.25) is 0 Å². The summed E-state index contributed by atoms with van der Waals surface area (Å²) in [5.74, 6) is 1.05. The summed E-state index contributed by atoms with van der Waals surface area (Å²) >= 11 is 0. The second-order valence-electron chi connectivity index (χ2n) is 1.96. The smallest absolute Gasteiger partial charge is 0.498 e. The molecule has 1 N–H and O–H groups in total. The van der Waals surface area contributed by atoms with Crippen LogP contribution in [-0.4, -0.2) is 12.3 Å². The van der Waals surface area contributed by atoms with Gasteiger partial charge in [-0.15, -0.1) is 0 Å². The summed E-state index contributed by atoms with van der Waals surface area (Å²) in [4.78, 5) is 0. The molecule has 0 aromatic carbocycles. The van der Waals surface area contributed by atoms with Gasteiger partial charge in [0, 0.05) is 0 Å². The zero-order chi connectivity index (χ0) is 8.27. The van der Waals surface area contributed by atoms with Crippen molar-refractivity contribution in [2.75, 3.05) is 0 Å². The molecule has 0 atom stereocenters. The van der Waals surface area contributed by atoms with Gasteiger partial charge in [0.25, 0.3) is 0 Å². The second-order valence-corrected chi connectivity index (χ2v) is 1.96. The molecule has 1 aliphatic heterocycles. The zero-order valence-corrected chi connectivity index (χ0v) is 6.28. The number of allylic oxidation sites excluding steroid dienone is 3. The SMILES string of the molecule is C=C/C=C1/OB(O)O/C1=C/C. The third-order valence-electron chi connectivity index (χ3n) is 1.23. The van der Waals surface area contributed by atoms with Gasteiger partial charge < -0.3 is 14.3 Å². The van der Waals surface area contributed by atoms with Crippen molar-refractivity contribution < 1.29 is 14.3 Å². The molecule has 11 heavy (non-hydrogen) atoms. The first-order chi connectivity index (χ1) is 5.27. The Labute approximate surface area is 65.8 Å². The van der Waals surface area contributed by atoms with E-state index < -0.39 is 7.32 Å². The van der Waals surface area contributed by atoms with E-state index in [4.69, 9.17) is 14.3 Å². The van der Waals surface area contributed by atoms with Crippen LogP contribution in [0.1, 0.15) is 6.92 Å². The van der Waals surface area contributed by atoms with Crippen LogP contribution in [0.25, 0.3) is 0 Å². The van der Waals surface area contributed by atoms with Crippen molar-refractivity contribution in [1.29, 1.82) is 0 Å². The molecule has 1 fully saturated rings. The lowest BCUT2D eigenvalue weighted by atomic mass is 10.3. The third-order valence-corrected chi connectivity index (χ3v) is 1.23. The van der Waals surface area contributed by atoms with Gasteiger partial charge in [0.2, 0.25) is 0 Å². The van der Waals surface area contributed by atoms with Crippen LogP contribution >= 0.6 is 0 Å². The average Bonchev–Trinajstić information content (AvgIpc) is 2.32. The molecule has 0 bridgehead atoms. The zero-order valence-electron chi connectivity index (χ0n) is 6.28. The fourth-order valence-electron chi connectivity index (χ4n) is 0.796. The highest BCUT2D eigenvalue weighted by atomic mass is 16.7. The predicted molar refractivity (Wildman–Crippen MR) is 42.2 cm³/mol. The Hall–Kier alpha value is -1.16. The molecule has 3 nitrogen and oxygen atoms in total. The Morgan fingerprint density at radius 3 is 2.64 bits per heavy atom. The largest absolute Gasteiger partial charge is 0.785 e. The van der Waals surface area contributed by atoms with Crippen LogP contribution in [0.15, 0.2) is 36.3 Å². The Kier molecular flexibility index (Phi) is 2.38. The Morgan fingerprint density at radius 2 is 2.09 bits per heavy atom.